The van der Waals surface area contributed by atoms with E-state index in [1.807, 2.05) is 48.0 Å². The molecule has 3 rings (SSSR count). The highest BCUT2D eigenvalue weighted by molar-refractivity contribution is 7.08. The number of aromatic nitrogens is 1. The molecule has 0 saturated carbocycles. The van der Waals surface area contributed by atoms with Gasteiger partial charge in [-0.2, -0.15) is 11.3 Å². The average molecular weight is 324 g/mol. The van der Waals surface area contributed by atoms with Crippen LogP contribution in [-0.4, -0.2) is 17.5 Å². The maximum Gasteiger partial charge on any atom is 0.258 e. The van der Waals surface area contributed by atoms with Crippen molar-refractivity contribution in [2.45, 2.75) is 6.54 Å². The maximum absolute atomic E-state index is 11.8. The minimum Gasteiger partial charge on any atom is -0.484 e. The van der Waals surface area contributed by atoms with Gasteiger partial charge in [0.05, 0.1) is 0 Å². The number of hydrogen-bond acceptors (Lipinski definition) is 4. The average Bonchev–Trinajstić information content (AvgIpc) is 3.14. The van der Waals surface area contributed by atoms with Crippen molar-refractivity contribution in [3.05, 3.63) is 71.2 Å². The highest BCUT2D eigenvalue weighted by Gasteiger charge is 2.04. The zero-order chi connectivity index (χ0) is 15.9. The van der Waals surface area contributed by atoms with Crippen LogP contribution in [-0.2, 0) is 11.3 Å². The van der Waals surface area contributed by atoms with Gasteiger partial charge in [0.15, 0.2) is 6.61 Å². The van der Waals surface area contributed by atoms with E-state index in [0.29, 0.717) is 12.3 Å². The number of nitrogens with one attached hydrogen (secondary N) is 1. The third-order valence-electron chi connectivity index (χ3n) is 3.25. The molecule has 0 aliphatic heterocycles. The second-order valence-electron chi connectivity index (χ2n) is 4.97. The fourth-order valence-electron chi connectivity index (χ4n) is 2.09. The molecule has 0 radical (unpaired) electrons. The fraction of sp³-hybridized carbons (Fsp3) is 0.111. The van der Waals surface area contributed by atoms with Crippen molar-refractivity contribution < 1.29 is 9.53 Å². The van der Waals surface area contributed by atoms with Crippen LogP contribution in [0.5, 0.6) is 5.75 Å². The van der Waals surface area contributed by atoms with E-state index in [-0.39, 0.29) is 12.5 Å². The number of benzene rings is 1. The molecule has 0 spiro atoms. The number of carbonyl (C=O) groups excluding carboxylic acids is 1. The zero-order valence-electron chi connectivity index (χ0n) is 12.4. The molecule has 0 fully saturated rings. The molecular weight excluding hydrogens is 308 g/mol. The summed E-state index contributed by atoms with van der Waals surface area (Å²) in [4.78, 5) is 16.1. The number of rotatable bonds is 6. The quantitative estimate of drug-likeness (QED) is 0.755. The Balaban J connectivity index is 1.52. The first kappa shape index (κ1) is 15.2. The Hall–Kier alpha value is -2.66. The number of thiophene rings is 1. The van der Waals surface area contributed by atoms with Gasteiger partial charge in [-0.05, 0) is 46.2 Å². The van der Waals surface area contributed by atoms with Gasteiger partial charge >= 0.3 is 0 Å². The van der Waals surface area contributed by atoms with Gasteiger partial charge in [-0.3, -0.25) is 9.78 Å². The topological polar surface area (TPSA) is 51.2 Å². The number of amides is 1. The normalized spacial score (nSPS) is 10.3. The lowest BCUT2D eigenvalue weighted by Gasteiger charge is -2.08. The van der Waals surface area contributed by atoms with E-state index >= 15 is 0 Å². The summed E-state index contributed by atoms with van der Waals surface area (Å²) in [6, 6.07) is 13.4. The Labute approximate surface area is 138 Å². The molecule has 116 valence electrons. The number of para-hydroxylation sites is 1. The molecule has 0 atom stereocenters. The smallest absolute Gasteiger partial charge is 0.258 e. The van der Waals surface area contributed by atoms with Gasteiger partial charge in [0.2, 0.25) is 0 Å². The molecule has 0 bridgehead atoms. The van der Waals surface area contributed by atoms with Crippen LogP contribution in [0.4, 0.5) is 0 Å². The van der Waals surface area contributed by atoms with E-state index in [9.17, 15) is 4.79 Å². The molecule has 23 heavy (non-hydrogen) atoms. The third kappa shape index (κ3) is 4.40. The van der Waals surface area contributed by atoms with Gasteiger partial charge in [-0.25, -0.2) is 0 Å². The van der Waals surface area contributed by atoms with Crippen LogP contribution in [0.1, 0.15) is 5.56 Å². The lowest BCUT2D eigenvalue weighted by atomic mass is 10.1. The number of nitrogens with zero attached hydrogens (tertiary/aromatic N) is 1. The number of hydrogen-bond donors (Lipinski definition) is 1. The molecule has 0 aliphatic carbocycles. The summed E-state index contributed by atoms with van der Waals surface area (Å²) in [5.74, 6) is 0.526. The first-order valence-corrected chi connectivity index (χ1v) is 8.16. The molecule has 3 aromatic rings. The van der Waals surface area contributed by atoms with E-state index < -0.39 is 0 Å². The minimum absolute atomic E-state index is 0.00165. The SMILES string of the molecule is O=C(COc1ccccc1)NCc1cncc(-c2ccsc2)c1. The minimum atomic E-state index is -0.158. The summed E-state index contributed by atoms with van der Waals surface area (Å²) in [7, 11) is 0. The van der Waals surface area contributed by atoms with Crippen molar-refractivity contribution in [2.75, 3.05) is 6.61 Å². The molecule has 1 N–H and O–H groups in total. The largest absolute Gasteiger partial charge is 0.484 e. The molecule has 2 heterocycles. The molecule has 0 saturated heterocycles. The van der Waals surface area contributed by atoms with Gasteiger partial charge < -0.3 is 10.1 Å². The number of pyridine rings is 1. The number of ether oxygens (including phenoxy) is 1. The highest BCUT2D eigenvalue weighted by Crippen LogP contribution is 2.21. The number of carbonyl (C=O) groups is 1. The summed E-state index contributed by atoms with van der Waals surface area (Å²) in [6.45, 7) is 0.434. The Bertz CT molecular complexity index is 758. The van der Waals surface area contributed by atoms with Gasteiger partial charge in [0.25, 0.3) is 5.91 Å². The monoisotopic (exact) mass is 324 g/mol. The fourth-order valence-corrected chi connectivity index (χ4v) is 2.75. The molecule has 0 aliphatic rings. The molecule has 4 nitrogen and oxygen atoms in total. The first-order valence-electron chi connectivity index (χ1n) is 7.22. The van der Waals surface area contributed by atoms with Crippen molar-refractivity contribution >= 4 is 17.2 Å². The van der Waals surface area contributed by atoms with Gasteiger partial charge in [-0.15, -0.1) is 0 Å². The molecule has 5 heteroatoms. The van der Waals surface area contributed by atoms with Crippen molar-refractivity contribution in [3.63, 3.8) is 0 Å². The van der Waals surface area contributed by atoms with Gasteiger partial charge in [-0.1, -0.05) is 18.2 Å². The maximum atomic E-state index is 11.8. The Morgan fingerprint density at radius 3 is 2.78 bits per heavy atom. The van der Waals surface area contributed by atoms with Crippen LogP contribution >= 0.6 is 11.3 Å². The standard InChI is InChI=1S/C18H16N2O2S/c21-18(12-22-17-4-2-1-3-5-17)20-10-14-8-16(11-19-9-14)15-6-7-23-13-15/h1-9,11,13H,10,12H2,(H,20,21). The molecular formula is C18H16N2O2S. The third-order valence-corrected chi connectivity index (χ3v) is 3.94. The van der Waals surface area contributed by atoms with Crippen molar-refractivity contribution in [1.29, 1.82) is 0 Å². The van der Waals surface area contributed by atoms with Crippen LogP contribution in [0.3, 0.4) is 0 Å². The Morgan fingerprint density at radius 2 is 2.00 bits per heavy atom. The Morgan fingerprint density at radius 1 is 1.13 bits per heavy atom. The van der Waals surface area contributed by atoms with Crippen LogP contribution in [0.2, 0.25) is 0 Å². The molecule has 1 amide bonds. The predicted octanol–water partition coefficient (Wildman–Crippen LogP) is 3.51. The van der Waals surface area contributed by atoms with E-state index in [1.165, 1.54) is 0 Å². The Kier molecular flexibility index (Phi) is 5.01. The van der Waals surface area contributed by atoms with E-state index in [0.717, 1.165) is 16.7 Å². The summed E-state index contributed by atoms with van der Waals surface area (Å²) in [5, 5.41) is 6.95. The molecule has 2 aromatic heterocycles. The summed E-state index contributed by atoms with van der Waals surface area (Å²) < 4.78 is 5.41. The van der Waals surface area contributed by atoms with Gasteiger partial charge in [0.1, 0.15) is 5.75 Å². The van der Waals surface area contributed by atoms with Crippen LogP contribution < -0.4 is 10.1 Å². The van der Waals surface area contributed by atoms with Crippen molar-refractivity contribution in [3.8, 4) is 16.9 Å². The highest BCUT2D eigenvalue weighted by atomic mass is 32.1. The summed E-state index contributed by atoms with van der Waals surface area (Å²) in [5.41, 5.74) is 3.16. The van der Waals surface area contributed by atoms with Crippen molar-refractivity contribution in [2.24, 2.45) is 0 Å². The molecule has 1 aromatic carbocycles. The van der Waals surface area contributed by atoms with Crippen LogP contribution in [0, 0.1) is 0 Å². The molecule has 0 unspecified atom stereocenters. The van der Waals surface area contributed by atoms with Crippen LogP contribution in [0.25, 0.3) is 11.1 Å². The van der Waals surface area contributed by atoms with Gasteiger partial charge in [0, 0.05) is 24.5 Å². The van der Waals surface area contributed by atoms with E-state index in [2.05, 4.69) is 21.7 Å². The second kappa shape index (κ2) is 7.56. The summed E-state index contributed by atoms with van der Waals surface area (Å²) in [6.07, 6.45) is 3.58. The second-order valence-corrected chi connectivity index (χ2v) is 5.75. The lowest BCUT2D eigenvalue weighted by molar-refractivity contribution is -0.123. The van der Waals surface area contributed by atoms with E-state index in [4.69, 9.17) is 4.74 Å². The first-order chi connectivity index (χ1) is 11.3. The predicted molar refractivity (Wildman–Crippen MR) is 91.3 cm³/mol. The lowest BCUT2D eigenvalue weighted by Crippen LogP contribution is -2.28. The van der Waals surface area contributed by atoms with E-state index in [1.54, 1.807) is 17.5 Å². The van der Waals surface area contributed by atoms with Crippen LogP contribution in [0.15, 0.2) is 65.6 Å². The zero-order valence-corrected chi connectivity index (χ0v) is 13.3. The summed E-state index contributed by atoms with van der Waals surface area (Å²) >= 11 is 1.65. The van der Waals surface area contributed by atoms with Crippen molar-refractivity contribution in [1.82, 2.24) is 10.3 Å².